The molecule has 34 heavy (non-hydrogen) atoms. The number of hydrogen-bond acceptors (Lipinski definition) is 4. The zero-order chi connectivity index (χ0) is 24.1. The SMILES string of the molecule is C#C[C@]1(OC(=O)c2ccccc2)CC[C@@H]2[C@@H]3CC=C4C[C@H](OC(C)=O)CC[C@]4(C)[C@@H]3CC[C@]21C. The summed E-state index contributed by atoms with van der Waals surface area (Å²) < 4.78 is 11.8. The molecule has 0 spiro atoms. The van der Waals surface area contributed by atoms with E-state index in [2.05, 4.69) is 25.8 Å². The molecular formula is C30H36O4. The lowest BCUT2D eigenvalue weighted by atomic mass is 9.47. The number of carbonyl (C=O) groups excluding carboxylic acids is 2. The molecule has 4 aliphatic carbocycles. The Balaban J connectivity index is 1.40. The number of terminal acetylenes is 1. The monoisotopic (exact) mass is 460 g/mol. The molecule has 5 rings (SSSR count). The van der Waals surface area contributed by atoms with Crippen molar-refractivity contribution >= 4 is 11.9 Å². The number of benzene rings is 1. The predicted octanol–water partition coefficient (Wildman–Crippen LogP) is 6.11. The Kier molecular flexibility index (Phi) is 5.66. The molecule has 7 atom stereocenters. The molecule has 1 aromatic rings. The van der Waals surface area contributed by atoms with Crippen molar-refractivity contribution in [2.24, 2.45) is 28.6 Å². The van der Waals surface area contributed by atoms with Gasteiger partial charge in [-0.3, -0.25) is 4.79 Å². The van der Waals surface area contributed by atoms with Crippen LogP contribution in [0.2, 0.25) is 0 Å². The quantitative estimate of drug-likeness (QED) is 0.310. The number of esters is 2. The Bertz CT molecular complexity index is 1050. The topological polar surface area (TPSA) is 52.6 Å². The number of allylic oxidation sites excluding steroid dienone is 1. The second-order valence-corrected chi connectivity index (χ2v) is 11.5. The molecule has 4 aliphatic rings. The fourth-order valence-electron chi connectivity index (χ4n) is 8.19. The van der Waals surface area contributed by atoms with Crippen molar-refractivity contribution in [3.63, 3.8) is 0 Å². The highest BCUT2D eigenvalue weighted by Crippen LogP contribution is 2.67. The van der Waals surface area contributed by atoms with Gasteiger partial charge < -0.3 is 9.47 Å². The van der Waals surface area contributed by atoms with Crippen LogP contribution in [-0.2, 0) is 14.3 Å². The minimum Gasteiger partial charge on any atom is -0.462 e. The van der Waals surface area contributed by atoms with Crippen molar-refractivity contribution in [2.45, 2.75) is 83.8 Å². The molecule has 0 saturated heterocycles. The highest BCUT2D eigenvalue weighted by molar-refractivity contribution is 5.89. The maximum absolute atomic E-state index is 13.0. The average Bonchev–Trinajstić information content (AvgIpc) is 3.12. The van der Waals surface area contributed by atoms with Crippen LogP contribution in [0.15, 0.2) is 42.0 Å². The highest BCUT2D eigenvalue weighted by Gasteiger charge is 2.65. The number of carbonyl (C=O) groups is 2. The van der Waals surface area contributed by atoms with Gasteiger partial charge in [0.25, 0.3) is 0 Å². The molecule has 180 valence electrons. The smallest absolute Gasteiger partial charge is 0.339 e. The third-order valence-corrected chi connectivity index (χ3v) is 10.0. The first-order valence-corrected chi connectivity index (χ1v) is 12.9. The third kappa shape index (κ3) is 3.43. The summed E-state index contributed by atoms with van der Waals surface area (Å²) in [4.78, 5) is 24.5. The van der Waals surface area contributed by atoms with Gasteiger partial charge in [-0.1, -0.05) is 49.6 Å². The predicted molar refractivity (Wildman–Crippen MR) is 131 cm³/mol. The van der Waals surface area contributed by atoms with Crippen LogP contribution in [0.25, 0.3) is 0 Å². The van der Waals surface area contributed by atoms with Crippen LogP contribution in [0.3, 0.4) is 0 Å². The Morgan fingerprint density at radius 3 is 2.47 bits per heavy atom. The van der Waals surface area contributed by atoms with Gasteiger partial charge in [0.1, 0.15) is 6.10 Å². The van der Waals surface area contributed by atoms with Crippen LogP contribution in [0.4, 0.5) is 0 Å². The minimum absolute atomic E-state index is 0.0141. The molecule has 0 aromatic heterocycles. The molecule has 0 radical (unpaired) electrons. The van der Waals surface area contributed by atoms with Crippen LogP contribution in [-0.4, -0.2) is 23.6 Å². The standard InChI is InChI=1S/C30H36O4/c1-5-30(34-27(32)21-9-7-6-8-10-21)18-15-26-24-12-11-22-19-23(33-20(2)31)13-16-28(22,3)25(24)14-17-29(26,30)4/h1,6-11,23-26H,12-19H2,2-4H3/t23-,24-,25-,26-,28+,29-,30+/m1/s1. The highest BCUT2D eigenvalue weighted by atomic mass is 16.6. The van der Waals surface area contributed by atoms with Crippen LogP contribution >= 0.6 is 0 Å². The van der Waals surface area contributed by atoms with Crippen molar-refractivity contribution < 1.29 is 19.1 Å². The molecule has 0 bridgehead atoms. The van der Waals surface area contributed by atoms with E-state index in [9.17, 15) is 9.59 Å². The van der Waals surface area contributed by atoms with Crippen molar-refractivity contribution in [3.05, 3.63) is 47.5 Å². The van der Waals surface area contributed by atoms with Gasteiger partial charge in [0.2, 0.25) is 0 Å². The normalized spacial score (nSPS) is 40.6. The van der Waals surface area contributed by atoms with Crippen LogP contribution < -0.4 is 0 Å². The maximum atomic E-state index is 13.0. The maximum Gasteiger partial charge on any atom is 0.339 e. The third-order valence-electron chi connectivity index (χ3n) is 10.0. The number of fused-ring (bicyclic) bond motifs is 5. The second-order valence-electron chi connectivity index (χ2n) is 11.5. The molecule has 0 amide bonds. The molecule has 3 saturated carbocycles. The summed E-state index contributed by atoms with van der Waals surface area (Å²) in [6.07, 6.45) is 16.3. The first-order valence-electron chi connectivity index (χ1n) is 12.9. The van der Waals surface area contributed by atoms with Gasteiger partial charge in [0.05, 0.1) is 5.56 Å². The summed E-state index contributed by atoms with van der Waals surface area (Å²) >= 11 is 0. The van der Waals surface area contributed by atoms with Gasteiger partial charge in [-0.2, -0.15) is 0 Å². The first kappa shape index (κ1) is 23.2. The fourth-order valence-corrected chi connectivity index (χ4v) is 8.19. The molecule has 0 unspecified atom stereocenters. The lowest BCUT2D eigenvalue weighted by Crippen LogP contribution is -2.55. The van der Waals surface area contributed by atoms with Gasteiger partial charge >= 0.3 is 11.9 Å². The Hall–Kier alpha value is -2.54. The van der Waals surface area contributed by atoms with Crippen molar-refractivity contribution in [3.8, 4) is 12.3 Å². The van der Waals surface area contributed by atoms with E-state index in [1.165, 1.54) is 12.5 Å². The summed E-state index contributed by atoms with van der Waals surface area (Å²) in [5.41, 5.74) is 1.12. The van der Waals surface area contributed by atoms with E-state index in [1.54, 1.807) is 12.1 Å². The molecule has 4 heteroatoms. The van der Waals surface area contributed by atoms with E-state index in [-0.39, 0.29) is 28.9 Å². The molecule has 0 N–H and O–H groups in total. The van der Waals surface area contributed by atoms with Crippen molar-refractivity contribution in [1.82, 2.24) is 0 Å². The molecule has 1 aromatic carbocycles. The van der Waals surface area contributed by atoms with Gasteiger partial charge in [-0.05, 0) is 80.2 Å². The van der Waals surface area contributed by atoms with Gasteiger partial charge in [-0.25, -0.2) is 4.79 Å². The Labute approximate surface area is 203 Å². The summed E-state index contributed by atoms with van der Waals surface area (Å²) in [6, 6.07) is 9.18. The van der Waals surface area contributed by atoms with E-state index in [0.29, 0.717) is 23.3 Å². The minimum atomic E-state index is -0.854. The Morgan fingerprint density at radius 2 is 1.76 bits per heavy atom. The molecule has 4 nitrogen and oxygen atoms in total. The average molecular weight is 461 g/mol. The van der Waals surface area contributed by atoms with E-state index < -0.39 is 5.60 Å². The summed E-state index contributed by atoms with van der Waals surface area (Å²) in [7, 11) is 0. The fraction of sp³-hybridized carbons (Fsp3) is 0.600. The van der Waals surface area contributed by atoms with Gasteiger partial charge in [0.15, 0.2) is 5.60 Å². The zero-order valence-electron chi connectivity index (χ0n) is 20.6. The zero-order valence-corrected chi connectivity index (χ0v) is 20.6. The van der Waals surface area contributed by atoms with Crippen LogP contribution in [0.5, 0.6) is 0 Å². The van der Waals surface area contributed by atoms with E-state index >= 15 is 0 Å². The molecule has 0 heterocycles. The molecule has 3 fully saturated rings. The second kappa shape index (κ2) is 8.29. The summed E-state index contributed by atoms with van der Waals surface area (Å²) in [5.74, 6) is 4.08. The van der Waals surface area contributed by atoms with Gasteiger partial charge in [0, 0.05) is 18.8 Å². The van der Waals surface area contributed by atoms with Gasteiger partial charge in [-0.15, -0.1) is 6.42 Å². The lowest BCUT2D eigenvalue weighted by molar-refractivity contribution is -0.149. The number of ether oxygens (including phenoxy) is 2. The number of hydrogen-bond donors (Lipinski definition) is 0. The number of rotatable bonds is 3. The first-order chi connectivity index (χ1) is 16.2. The van der Waals surface area contributed by atoms with Crippen molar-refractivity contribution in [2.75, 3.05) is 0 Å². The van der Waals surface area contributed by atoms with Crippen LogP contribution in [0.1, 0.15) is 82.5 Å². The van der Waals surface area contributed by atoms with E-state index in [4.69, 9.17) is 15.9 Å². The van der Waals surface area contributed by atoms with E-state index in [1.807, 2.05) is 18.2 Å². The largest absolute Gasteiger partial charge is 0.462 e. The Morgan fingerprint density at radius 1 is 1.03 bits per heavy atom. The van der Waals surface area contributed by atoms with Crippen molar-refractivity contribution in [1.29, 1.82) is 0 Å². The molecule has 0 aliphatic heterocycles. The summed E-state index contributed by atoms with van der Waals surface area (Å²) in [5, 5.41) is 0. The van der Waals surface area contributed by atoms with E-state index in [0.717, 1.165) is 51.4 Å². The van der Waals surface area contributed by atoms with Crippen LogP contribution in [0, 0.1) is 40.9 Å². The summed E-state index contributed by atoms with van der Waals surface area (Å²) in [6.45, 7) is 6.21. The lowest BCUT2D eigenvalue weighted by Gasteiger charge is -2.58. The molecular weight excluding hydrogens is 424 g/mol.